The predicted molar refractivity (Wildman–Crippen MR) is 75.3 cm³/mol. The van der Waals surface area contributed by atoms with E-state index in [0.29, 0.717) is 19.0 Å². The number of rotatable bonds is 6. The SMILES string of the molecule is COCc1cccc(NCc2cccc(OC)n2)c1. The first-order valence-electron chi connectivity index (χ1n) is 6.13. The quantitative estimate of drug-likeness (QED) is 0.865. The summed E-state index contributed by atoms with van der Waals surface area (Å²) in [6, 6.07) is 13.9. The monoisotopic (exact) mass is 258 g/mol. The van der Waals surface area contributed by atoms with Gasteiger partial charge in [-0.05, 0) is 23.8 Å². The average molecular weight is 258 g/mol. The molecule has 1 N–H and O–H groups in total. The second-order valence-corrected chi connectivity index (χ2v) is 4.16. The van der Waals surface area contributed by atoms with Crippen LogP contribution in [0.3, 0.4) is 0 Å². The van der Waals surface area contributed by atoms with Gasteiger partial charge >= 0.3 is 0 Å². The molecule has 4 nitrogen and oxygen atoms in total. The second-order valence-electron chi connectivity index (χ2n) is 4.16. The van der Waals surface area contributed by atoms with Crippen molar-refractivity contribution < 1.29 is 9.47 Å². The zero-order valence-electron chi connectivity index (χ0n) is 11.2. The molecule has 0 bridgehead atoms. The van der Waals surface area contributed by atoms with Gasteiger partial charge in [-0.25, -0.2) is 4.98 Å². The molecular formula is C15H18N2O2. The van der Waals surface area contributed by atoms with Crippen LogP contribution >= 0.6 is 0 Å². The van der Waals surface area contributed by atoms with Crippen molar-refractivity contribution in [3.63, 3.8) is 0 Å². The zero-order chi connectivity index (χ0) is 13.5. The Hall–Kier alpha value is -2.07. The van der Waals surface area contributed by atoms with Gasteiger partial charge in [0.1, 0.15) is 0 Å². The highest BCUT2D eigenvalue weighted by atomic mass is 16.5. The fourth-order valence-electron chi connectivity index (χ4n) is 1.80. The molecule has 0 amide bonds. The van der Waals surface area contributed by atoms with E-state index in [1.807, 2.05) is 36.4 Å². The molecule has 0 atom stereocenters. The highest BCUT2D eigenvalue weighted by Gasteiger charge is 1.99. The number of hydrogen-bond acceptors (Lipinski definition) is 4. The summed E-state index contributed by atoms with van der Waals surface area (Å²) in [6.45, 7) is 1.28. The molecule has 1 aromatic carbocycles. The molecule has 0 aliphatic heterocycles. The van der Waals surface area contributed by atoms with Crippen molar-refractivity contribution in [2.24, 2.45) is 0 Å². The first-order valence-corrected chi connectivity index (χ1v) is 6.13. The van der Waals surface area contributed by atoms with Gasteiger partial charge in [0.15, 0.2) is 0 Å². The summed E-state index contributed by atoms with van der Waals surface area (Å²) >= 11 is 0. The lowest BCUT2D eigenvalue weighted by Crippen LogP contribution is -2.02. The van der Waals surface area contributed by atoms with Crippen molar-refractivity contribution in [3.8, 4) is 5.88 Å². The van der Waals surface area contributed by atoms with Gasteiger partial charge in [-0.2, -0.15) is 0 Å². The van der Waals surface area contributed by atoms with E-state index in [4.69, 9.17) is 9.47 Å². The van der Waals surface area contributed by atoms with Crippen LogP contribution in [0.4, 0.5) is 5.69 Å². The largest absolute Gasteiger partial charge is 0.481 e. The maximum Gasteiger partial charge on any atom is 0.213 e. The van der Waals surface area contributed by atoms with E-state index in [-0.39, 0.29) is 0 Å². The predicted octanol–water partition coefficient (Wildman–Crippen LogP) is 2.85. The van der Waals surface area contributed by atoms with E-state index in [9.17, 15) is 0 Å². The van der Waals surface area contributed by atoms with Gasteiger partial charge in [0.2, 0.25) is 5.88 Å². The molecule has 0 spiro atoms. The van der Waals surface area contributed by atoms with Crippen LogP contribution in [0, 0.1) is 0 Å². The normalized spacial score (nSPS) is 10.2. The summed E-state index contributed by atoms with van der Waals surface area (Å²) in [5, 5.41) is 3.34. The molecule has 0 unspecified atom stereocenters. The molecule has 0 radical (unpaired) electrons. The molecule has 0 saturated carbocycles. The zero-order valence-corrected chi connectivity index (χ0v) is 11.2. The summed E-state index contributed by atoms with van der Waals surface area (Å²) in [5.41, 5.74) is 3.14. The first-order chi connectivity index (χ1) is 9.31. The third-order valence-electron chi connectivity index (χ3n) is 2.70. The summed E-state index contributed by atoms with van der Waals surface area (Å²) in [4.78, 5) is 4.36. The molecule has 0 aliphatic carbocycles. The Kier molecular flexibility index (Phi) is 4.75. The van der Waals surface area contributed by atoms with E-state index in [0.717, 1.165) is 16.9 Å². The molecular weight excluding hydrogens is 240 g/mol. The van der Waals surface area contributed by atoms with Crippen LogP contribution in [0.2, 0.25) is 0 Å². The Balaban J connectivity index is 1.99. The van der Waals surface area contributed by atoms with Gasteiger partial charge in [0, 0.05) is 18.9 Å². The highest BCUT2D eigenvalue weighted by Crippen LogP contribution is 2.13. The summed E-state index contributed by atoms with van der Waals surface area (Å²) in [7, 11) is 3.31. The lowest BCUT2D eigenvalue weighted by atomic mass is 10.2. The lowest BCUT2D eigenvalue weighted by Gasteiger charge is -2.08. The molecule has 2 rings (SSSR count). The van der Waals surface area contributed by atoms with Crippen LogP contribution < -0.4 is 10.1 Å². The smallest absolute Gasteiger partial charge is 0.213 e. The second kappa shape index (κ2) is 6.75. The number of anilines is 1. The summed E-state index contributed by atoms with van der Waals surface area (Å²) in [5.74, 6) is 0.632. The van der Waals surface area contributed by atoms with Gasteiger partial charge in [-0.1, -0.05) is 18.2 Å². The van der Waals surface area contributed by atoms with E-state index in [1.54, 1.807) is 14.2 Å². The summed E-state index contributed by atoms with van der Waals surface area (Å²) in [6.07, 6.45) is 0. The fourth-order valence-corrected chi connectivity index (χ4v) is 1.80. The average Bonchev–Trinajstić information content (AvgIpc) is 2.46. The van der Waals surface area contributed by atoms with E-state index < -0.39 is 0 Å². The number of pyridine rings is 1. The number of benzene rings is 1. The molecule has 19 heavy (non-hydrogen) atoms. The van der Waals surface area contributed by atoms with E-state index in [1.165, 1.54) is 0 Å². The molecule has 100 valence electrons. The molecule has 0 saturated heterocycles. The molecule has 1 heterocycles. The Morgan fingerprint density at radius 3 is 2.74 bits per heavy atom. The van der Waals surface area contributed by atoms with Crippen LogP contribution in [0.25, 0.3) is 0 Å². The first kappa shape index (κ1) is 13.4. The third-order valence-corrected chi connectivity index (χ3v) is 2.70. The number of aromatic nitrogens is 1. The molecule has 0 aliphatic rings. The number of nitrogens with one attached hydrogen (secondary N) is 1. The Bertz CT molecular complexity index is 529. The minimum Gasteiger partial charge on any atom is -0.481 e. The maximum absolute atomic E-state index is 5.12. The maximum atomic E-state index is 5.12. The number of ether oxygens (including phenoxy) is 2. The van der Waals surface area contributed by atoms with E-state index in [2.05, 4.69) is 16.4 Å². The van der Waals surface area contributed by atoms with Crippen molar-refractivity contribution in [2.45, 2.75) is 13.2 Å². The Morgan fingerprint density at radius 1 is 1.11 bits per heavy atom. The molecule has 2 aromatic rings. The number of methoxy groups -OCH3 is 2. The minimum absolute atomic E-state index is 0.618. The topological polar surface area (TPSA) is 43.4 Å². The molecule has 1 aromatic heterocycles. The van der Waals surface area contributed by atoms with Crippen molar-refractivity contribution in [1.29, 1.82) is 0 Å². The van der Waals surface area contributed by atoms with Gasteiger partial charge in [-0.15, -0.1) is 0 Å². The van der Waals surface area contributed by atoms with Gasteiger partial charge in [0.05, 0.1) is 26.0 Å². The lowest BCUT2D eigenvalue weighted by molar-refractivity contribution is 0.185. The molecule has 0 fully saturated rings. The third kappa shape index (κ3) is 3.96. The van der Waals surface area contributed by atoms with Crippen LogP contribution in [-0.4, -0.2) is 19.2 Å². The van der Waals surface area contributed by atoms with Gasteiger partial charge in [-0.3, -0.25) is 0 Å². The Morgan fingerprint density at radius 2 is 1.95 bits per heavy atom. The van der Waals surface area contributed by atoms with Crippen LogP contribution in [0.15, 0.2) is 42.5 Å². The number of hydrogen-bond donors (Lipinski definition) is 1. The Labute approximate surface area is 113 Å². The van der Waals surface area contributed by atoms with Gasteiger partial charge < -0.3 is 14.8 Å². The van der Waals surface area contributed by atoms with Crippen molar-refractivity contribution in [1.82, 2.24) is 4.98 Å². The fraction of sp³-hybridized carbons (Fsp3) is 0.267. The van der Waals surface area contributed by atoms with Crippen molar-refractivity contribution in [3.05, 3.63) is 53.7 Å². The number of nitrogens with zero attached hydrogens (tertiary/aromatic N) is 1. The highest BCUT2D eigenvalue weighted by molar-refractivity contribution is 5.45. The van der Waals surface area contributed by atoms with Crippen molar-refractivity contribution in [2.75, 3.05) is 19.5 Å². The standard InChI is InChI=1S/C15H18N2O2/c1-18-11-12-5-3-6-13(9-12)16-10-14-7-4-8-15(17-14)19-2/h3-9,16H,10-11H2,1-2H3. The minimum atomic E-state index is 0.618. The van der Waals surface area contributed by atoms with Crippen LogP contribution in [0.5, 0.6) is 5.88 Å². The molecule has 4 heteroatoms. The van der Waals surface area contributed by atoms with Crippen LogP contribution in [0.1, 0.15) is 11.3 Å². The van der Waals surface area contributed by atoms with Gasteiger partial charge in [0.25, 0.3) is 0 Å². The van der Waals surface area contributed by atoms with Crippen LogP contribution in [-0.2, 0) is 17.9 Å². The van der Waals surface area contributed by atoms with Crippen molar-refractivity contribution >= 4 is 5.69 Å². The summed E-state index contributed by atoms with van der Waals surface area (Å²) < 4.78 is 10.2. The van der Waals surface area contributed by atoms with E-state index >= 15 is 0 Å².